The van der Waals surface area contributed by atoms with Crippen LogP contribution in [0.1, 0.15) is 0 Å². The molecule has 0 fully saturated rings. The summed E-state index contributed by atoms with van der Waals surface area (Å²) >= 11 is 0. The van der Waals surface area contributed by atoms with E-state index in [1.807, 2.05) is 12.3 Å². The Bertz CT molecular complexity index is 2980. The Balaban J connectivity index is 0.994. The van der Waals surface area contributed by atoms with Gasteiger partial charge in [0, 0.05) is 45.4 Å². The fourth-order valence-corrected chi connectivity index (χ4v) is 7.97. The second kappa shape index (κ2) is 15.4. The molecule has 0 N–H and O–H groups in total. The summed E-state index contributed by atoms with van der Waals surface area (Å²) < 4.78 is 0. The maximum atomic E-state index is 4.62. The summed E-state index contributed by atoms with van der Waals surface area (Å²) in [4.78, 5) is 9.31. The third kappa shape index (κ3) is 6.87. The number of rotatable bonds is 9. The summed E-state index contributed by atoms with van der Waals surface area (Å²) in [6.45, 7) is 0. The lowest BCUT2D eigenvalue weighted by molar-refractivity contribution is 1.28. The number of para-hydroxylation sites is 2. The zero-order chi connectivity index (χ0) is 38.7. The van der Waals surface area contributed by atoms with Crippen LogP contribution in [0.15, 0.2) is 237 Å². The zero-order valence-electron chi connectivity index (χ0n) is 31.9. The first kappa shape index (κ1) is 34.7. The molecular formula is C55H39N3. The van der Waals surface area contributed by atoms with Crippen molar-refractivity contribution in [1.82, 2.24) is 4.98 Å². The molecule has 274 valence electrons. The minimum absolute atomic E-state index is 0.996. The molecule has 0 atom stereocenters. The summed E-state index contributed by atoms with van der Waals surface area (Å²) in [6, 6.07) is 82.3. The predicted octanol–water partition coefficient (Wildman–Crippen LogP) is 15.3. The Morgan fingerprint density at radius 3 is 1.43 bits per heavy atom. The second-order valence-electron chi connectivity index (χ2n) is 14.5. The third-order valence-electron chi connectivity index (χ3n) is 10.9. The van der Waals surface area contributed by atoms with Gasteiger partial charge in [0.25, 0.3) is 0 Å². The average molecular weight is 742 g/mol. The number of benzene rings is 9. The van der Waals surface area contributed by atoms with Crippen molar-refractivity contribution in [3.63, 3.8) is 0 Å². The van der Waals surface area contributed by atoms with Gasteiger partial charge >= 0.3 is 0 Å². The minimum atomic E-state index is 0.996. The molecular weight excluding hydrogens is 703 g/mol. The highest BCUT2D eigenvalue weighted by atomic mass is 15.1. The Labute approximate surface area is 339 Å². The van der Waals surface area contributed by atoms with Crippen molar-refractivity contribution in [3.8, 4) is 33.4 Å². The van der Waals surface area contributed by atoms with Crippen LogP contribution in [0.5, 0.6) is 0 Å². The molecule has 0 radical (unpaired) electrons. The number of pyridine rings is 1. The summed E-state index contributed by atoms with van der Waals surface area (Å²) in [5.74, 6) is 0. The second-order valence-corrected chi connectivity index (χ2v) is 14.5. The highest BCUT2D eigenvalue weighted by molar-refractivity contribution is 6.01. The normalized spacial score (nSPS) is 11.1. The molecule has 0 bridgehead atoms. The van der Waals surface area contributed by atoms with E-state index in [4.69, 9.17) is 0 Å². The van der Waals surface area contributed by atoms with Crippen molar-refractivity contribution in [2.45, 2.75) is 0 Å². The lowest BCUT2D eigenvalue weighted by Crippen LogP contribution is -2.10. The summed E-state index contributed by atoms with van der Waals surface area (Å²) in [6.07, 6.45) is 1.86. The van der Waals surface area contributed by atoms with Gasteiger partial charge in [0.2, 0.25) is 0 Å². The molecule has 0 aliphatic heterocycles. The number of anilines is 6. The number of nitrogens with zero attached hydrogens (tertiary/aromatic N) is 3. The van der Waals surface area contributed by atoms with E-state index < -0.39 is 0 Å². The molecule has 1 heterocycles. The minimum Gasteiger partial charge on any atom is -0.310 e. The van der Waals surface area contributed by atoms with Gasteiger partial charge in [-0.25, -0.2) is 0 Å². The van der Waals surface area contributed by atoms with Crippen molar-refractivity contribution in [3.05, 3.63) is 237 Å². The van der Waals surface area contributed by atoms with Crippen LogP contribution in [0.4, 0.5) is 34.1 Å². The first-order chi connectivity index (χ1) is 28.7. The van der Waals surface area contributed by atoms with Gasteiger partial charge < -0.3 is 9.80 Å². The standard InChI is InChI=1S/C55H39N3/c1-4-13-40(14-5-1)45-16-10-22-52(37-45)57(48-18-6-2-7-19-48)50-32-28-41(29-33-50)42-30-34-51(35-31-42)58(49-20-8-3-9-21-49)55-23-11-15-43-24-26-46(38-53(43)55)47-27-25-44-17-12-36-56-54(44)39-47/h1-39H. The molecule has 0 saturated heterocycles. The number of fused-ring (bicyclic) bond motifs is 2. The van der Waals surface area contributed by atoms with E-state index in [0.717, 1.165) is 67.3 Å². The molecule has 3 nitrogen and oxygen atoms in total. The van der Waals surface area contributed by atoms with Crippen LogP contribution in [0, 0.1) is 0 Å². The Hall–Kier alpha value is -7.75. The maximum Gasteiger partial charge on any atom is 0.0708 e. The van der Waals surface area contributed by atoms with Crippen LogP contribution < -0.4 is 9.80 Å². The first-order valence-electron chi connectivity index (χ1n) is 19.7. The summed E-state index contributed by atoms with van der Waals surface area (Å²) in [7, 11) is 0. The van der Waals surface area contributed by atoms with E-state index in [2.05, 4.69) is 239 Å². The Morgan fingerprint density at radius 1 is 0.276 bits per heavy atom. The molecule has 58 heavy (non-hydrogen) atoms. The fourth-order valence-electron chi connectivity index (χ4n) is 7.97. The summed E-state index contributed by atoms with van der Waals surface area (Å²) in [5.41, 5.74) is 14.7. The molecule has 9 aromatic carbocycles. The van der Waals surface area contributed by atoms with Gasteiger partial charge in [-0.05, 0) is 124 Å². The molecule has 0 unspecified atom stereocenters. The third-order valence-corrected chi connectivity index (χ3v) is 10.9. The van der Waals surface area contributed by atoms with E-state index >= 15 is 0 Å². The predicted molar refractivity (Wildman–Crippen MR) is 245 cm³/mol. The largest absolute Gasteiger partial charge is 0.310 e. The monoisotopic (exact) mass is 741 g/mol. The Morgan fingerprint density at radius 2 is 0.741 bits per heavy atom. The van der Waals surface area contributed by atoms with Crippen molar-refractivity contribution in [2.75, 3.05) is 9.80 Å². The van der Waals surface area contributed by atoms with Crippen molar-refractivity contribution >= 4 is 55.8 Å². The highest BCUT2D eigenvalue weighted by Crippen LogP contribution is 2.42. The van der Waals surface area contributed by atoms with Gasteiger partial charge in [-0.1, -0.05) is 146 Å². The maximum absolute atomic E-state index is 4.62. The van der Waals surface area contributed by atoms with E-state index in [1.54, 1.807) is 0 Å². The quantitative estimate of drug-likeness (QED) is 0.147. The molecule has 10 aromatic rings. The molecule has 1 aromatic heterocycles. The average Bonchev–Trinajstić information content (AvgIpc) is 3.30. The number of hydrogen-bond acceptors (Lipinski definition) is 3. The zero-order valence-corrected chi connectivity index (χ0v) is 31.9. The van der Waals surface area contributed by atoms with Crippen molar-refractivity contribution < 1.29 is 0 Å². The van der Waals surface area contributed by atoms with Crippen LogP contribution in [0.3, 0.4) is 0 Å². The highest BCUT2D eigenvalue weighted by Gasteiger charge is 2.17. The Kier molecular flexibility index (Phi) is 9.23. The van der Waals surface area contributed by atoms with Crippen LogP contribution in [-0.2, 0) is 0 Å². The SMILES string of the molecule is c1ccc(-c2cccc(N(c3ccccc3)c3ccc(-c4ccc(N(c5ccccc5)c5cccc6ccc(-c7ccc8cccnc8c7)cc56)cc4)cc3)c2)cc1. The van der Waals surface area contributed by atoms with Crippen LogP contribution in [-0.4, -0.2) is 4.98 Å². The topological polar surface area (TPSA) is 19.4 Å². The molecule has 0 spiro atoms. The first-order valence-corrected chi connectivity index (χ1v) is 19.7. The van der Waals surface area contributed by atoms with Gasteiger partial charge in [0.1, 0.15) is 0 Å². The van der Waals surface area contributed by atoms with Crippen molar-refractivity contribution in [2.24, 2.45) is 0 Å². The lowest BCUT2D eigenvalue weighted by Gasteiger charge is -2.27. The lowest BCUT2D eigenvalue weighted by atomic mass is 9.98. The molecule has 0 amide bonds. The van der Waals surface area contributed by atoms with E-state index in [0.29, 0.717) is 0 Å². The van der Waals surface area contributed by atoms with Gasteiger partial charge in [-0.15, -0.1) is 0 Å². The number of aromatic nitrogens is 1. The molecule has 0 aliphatic carbocycles. The van der Waals surface area contributed by atoms with Gasteiger partial charge in [-0.3, -0.25) is 4.98 Å². The van der Waals surface area contributed by atoms with Crippen LogP contribution >= 0.6 is 0 Å². The van der Waals surface area contributed by atoms with Gasteiger partial charge in [-0.2, -0.15) is 0 Å². The molecule has 10 rings (SSSR count). The molecule has 0 aliphatic rings. The van der Waals surface area contributed by atoms with E-state index in [9.17, 15) is 0 Å². The molecule has 3 heteroatoms. The molecule has 0 saturated carbocycles. The summed E-state index contributed by atoms with van der Waals surface area (Å²) in [5, 5.41) is 3.51. The van der Waals surface area contributed by atoms with Gasteiger partial charge in [0.15, 0.2) is 0 Å². The van der Waals surface area contributed by atoms with Crippen LogP contribution in [0.2, 0.25) is 0 Å². The van der Waals surface area contributed by atoms with E-state index in [1.165, 1.54) is 21.9 Å². The smallest absolute Gasteiger partial charge is 0.0708 e. The van der Waals surface area contributed by atoms with E-state index in [-0.39, 0.29) is 0 Å². The van der Waals surface area contributed by atoms with Gasteiger partial charge in [0.05, 0.1) is 11.2 Å². The van der Waals surface area contributed by atoms with Crippen molar-refractivity contribution in [1.29, 1.82) is 0 Å². The fraction of sp³-hybridized carbons (Fsp3) is 0. The van der Waals surface area contributed by atoms with Crippen LogP contribution in [0.25, 0.3) is 55.1 Å². The number of hydrogen-bond donors (Lipinski definition) is 0.